The summed E-state index contributed by atoms with van der Waals surface area (Å²) >= 11 is 0. The fourth-order valence-electron chi connectivity index (χ4n) is 3.17. The minimum Gasteiger partial charge on any atom is -0.361 e. The lowest BCUT2D eigenvalue weighted by Crippen LogP contribution is -2.43. The number of nitrogens with zero attached hydrogens (tertiary/aromatic N) is 2. The van der Waals surface area contributed by atoms with E-state index in [9.17, 15) is 4.79 Å². The maximum atomic E-state index is 12.3. The van der Waals surface area contributed by atoms with Crippen LogP contribution in [0.25, 0.3) is 0 Å². The molecule has 0 unspecified atom stereocenters. The molecular formula is C18H23N3O2. The van der Waals surface area contributed by atoms with E-state index in [2.05, 4.69) is 34.7 Å². The standard InChI is InChI=1S/C18H23N3O2/c1-13-17(14(2)23-20-13)12-19-18(22)21-10-8-16(9-11-21)15-6-4-3-5-7-15/h3-7,16H,8-12H2,1-2H3,(H,19,22). The Balaban J connectivity index is 1.50. The van der Waals surface area contributed by atoms with Crippen molar-refractivity contribution in [1.82, 2.24) is 15.4 Å². The summed E-state index contributed by atoms with van der Waals surface area (Å²) in [5.41, 5.74) is 3.19. The van der Waals surface area contributed by atoms with Gasteiger partial charge in [0.15, 0.2) is 0 Å². The molecule has 0 saturated carbocycles. The van der Waals surface area contributed by atoms with Gasteiger partial charge in [0.2, 0.25) is 0 Å². The molecule has 1 aromatic heterocycles. The molecule has 0 bridgehead atoms. The molecule has 1 fully saturated rings. The average Bonchev–Trinajstić information content (AvgIpc) is 2.92. The lowest BCUT2D eigenvalue weighted by Gasteiger charge is -2.32. The van der Waals surface area contributed by atoms with Gasteiger partial charge >= 0.3 is 6.03 Å². The smallest absolute Gasteiger partial charge is 0.317 e. The normalized spacial score (nSPS) is 15.7. The van der Waals surface area contributed by atoms with E-state index >= 15 is 0 Å². The predicted molar refractivity (Wildman–Crippen MR) is 88.2 cm³/mol. The molecule has 5 heteroatoms. The molecule has 23 heavy (non-hydrogen) atoms. The largest absolute Gasteiger partial charge is 0.361 e. The number of amides is 2. The SMILES string of the molecule is Cc1noc(C)c1CNC(=O)N1CCC(c2ccccc2)CC1. The average molecular weight is 313 g/mol. The molecule has 1 N–H and O–H groups in total. The number of carbonyl (C=O) groups is 1. The van der Waals surface area contributed by atoms with Crippen molar-refractivity contribution in [1.29, 1.82) is 0 Å². The van der Waals surface area contributed by atoms with Gasteiger partial charge in [0, 0.05) is 25.2 Å². The highest BCUT2D eigenvalue weighted by Crippen LogP contribution is 2.27. The Hall–Kier alpha value is -2.30. The van der Waals surface area contributed by atoms with Crippen LogP contribution in [0.4, 0.5) is 4.79 Å². The third-order valence-corrected chi connectivity index (χ3v) is 4.65. The summed E-state index contributed by atoms with van der Waals surface area (Å²) in [5, 5.41) is 6.89. The van der Waals surface area contributed by atoms with Crippen LogP contribution in [0.3, 0.4) is 0 Å². The lowest BCUT2D eigenvalue weighted by atomic mass is 9.90. The summed E-state index contributed by atoms with van der Waals surface area (Å²) < 4.78 is 5.12. The molecule has 0 atom stereocenters. The number of aryl methyl sites for hydroxylation is 2. The topological polar surface area (TPSA) is 58.4 Å². The quantitative estimate of drug-likeness (QED) is 0.945. The zero-order valence-electron chi connectivity index (χ0n) is 13.7. The van der Waals surface area contributed by atoms with Gasteiger partial charge in [-0.05, 0) is 38.2 Å². The Kier molecular flexibility index (Phi) is 4.65. The van der Waals surface area contributed by atoms with Crippen LogP contribution in [0.2, 0.25) is 0 Å². The minimum absolute atomic E-state index is 0.00323. The highest BCUT2D eigenvalue weighted by atomic mass is 16.5. The molecule has 2 amide bonds. The first kappa shape index (κ1) is 15.6. The van der Waals surface area contributed by atoms with E-state index in [1.54, 1.807) is 0 Å². The van der Waals surface area contributed by atoms with Crippen LogP contribution in [0.1, 0.15) is 41.3 Å². The first-order valence-electron chi connectivity index (χ1n) is 8.14. The molecular weight excluding hydrogens is 290 g/mol. The molecule has 1 saturated heterocycles. The number of aromatic nitrogens is 1. The van der Waals surface area contributed by atoms with E-state index in [1.165, 1.54) is 5.56 Å². The summed E-state index contributed by atoms with van der Waals surface area (Å²) in [6.07, 6.45) is 2.03. The van der Waals surface area contributed by atoms with Crippen LogP contribution in [0.15, 0.2) is 34.9 Å². The van der Waals surface area contributed by atoms with E-state index in [1.807, 2.05) is 24.8 Å². The third kappa shape index (κ3) is 3.55. The Morgan fingerprint density at radius 3 is 2.57 bits per heavy atom. The van der Waals surface area contributed by atoms with Crippen molar-refractivity contribution in [2.45, 2.75) is 39.2 Å². The predicted octanol–water partition coefficient (Wildman–Crippen LogP) is 3.38. The zero-order valence-corrected chi connectivity index (χ0v) is 13.7. The highest BCUT2D eigenvalue weighted by molar-refractivity contribution is 5.74. The summed E-state index contributed by atoms with van der Waals surface area (Å²) in [6.45, 7) is 5.83. The summed E-state index contributed by atoms with van der Waals surface area (Å²) in [5.74, 6) is 1.33. The maximum absolute atomic E-state index is 12.3. The van der Waals surface area contributed by atoms with Gasteiger partial charge in [-0.25, -0.2) is 4.79 Å². The second-order valence-corrected chi connectivity index (χ2v) is 6.13. The fraction of sp³-hybridized carbons (Fsp3) is 0.444. The van der Waals surface area contributed by atoms with Crippen molar-refractivity contribution in [3.8, 4) is 0 Å². The van der Waals surface area contributed by atoms with Gasteiger partial charge in [-0.15, -0.1) is 0 Å². The molecule has 1 aliphatic rings. The Morgan fingerprint density at radius 1 is 1.26 bits per heavy atom. The van der Waals surface area contributed by atoms with Crippen molar-refractivity contribution >= 4 is 6.03 Å². The van der Waals surface area contributed by atoms with Crippen LogP contribution in [-0.4, -0.2) is 29.2 Å². The van der Waals surface area contributed by atoms with Crippen LogP contribution in [0, 0.1) is 13.8 Å². The number of nitrogens with one attached hydrogen (secondary N) is 1. The van der Waals surface area contributed by atoms with E-state index < -0.39 is 0 Å². The van der Waals surface area contributed by atoms with E-state index in [4.69, 9.17) is 4.52 Å². The van der Waals surface area contributed by atoms with Crippen LogP contribution in [0.5, 0.6) is 0 Å². The number of hydrogen-bond donors (Lipinski definition) is 1. The number of carbonyl (C=O) groups excluding carboxylic acids is 1. The molecule has 2 heterocycles. The van der Waals surface area contributed by atoms with E-state index in [0.717, 1.165) is 42.9 Å². The van der Waals surface area contributed by atoms with Crippen LogP contribution >= 0.6 is 0 Å². The van der Waals surface area contributed by atoms with Gasteiger partial charge in [0.05, 0.1) is 5.69 Å². The molecule has 1 aliphatic heterocycles. The molecule has 5 nitrogen and oxygen atoms in total. The van der Waals surface area contributed by atoms with Crippen molar-refractivity contribution < 1.29 is 9.32 Å². The summed E-state index contributed by atoms with van der Waals surface area (Å²) in [6, 6.07) is 10.6. The number of piperidine rings is 1. The van der Waals surface area contributed by atoms with Gasteiger partial charge < -0.3 is 14.7 Å². The first-order valence-corrected chi connectivity index (χ1v) is 8.14. The zero-order chi connectivity index (χ0) is 16.2. The van der Waals surface area contributed by atoms with Crippen molar-refractivity contribution in [3.05, 3.63) is 52.9 Å². The van der Waals surface area contributed by atoms with Gasteiger partial charge in [0.1, 0.15) is 5.76 Å². The maximum Gasteiger partial charge on any atom is 0.317 e. The summed E-state index contributed by atoms with van der Waals surface area (Å²) in [7, 11) is 0. The molecule has 122 valence electrons. The minimum atomic E-state index is -0.00323. The number of likely N-dealkylation sites (tertiary alicyclic amines) is 1. The lowest BCUT2D eigenvalue weighted by molar-refractivity contribution is 0.181. The number of urea groups is 1. The highest BCUT2D eigenvalue weighted by Gasteiger charge is 2.23. The van der Waals surface area contributed by atoms with Crippen LogP contribution in [-0.2, 0) is 6.54 Å². The fourth-order valence-corrected chi connectivity index (χ4v) is 3.17. The molecule has 0 aliphatic carbocycles. The van der Waals surface area contributed by atoms with E-state index in [0.29, 0.717) is 12.5 Å². The van der Waals surface area contributed by atoms with Gasteiger partial charge in [-0.1, -0.05) is 35.5 Å². The van der Waals surface area contributed by atoms with Crippen molar-refractivity contribution in [3.63, 3.8) is 0 Å². The molecule has 2 aromatic rings. The van der Waals surface area contributed by atoms with Crippen LogP contribution < -0.4 is 5.32 Å². The third-order valence-electron chi connectivity index (χ3n) is 4.65. The molecule has 3 rings (SSSR count). The number of hydrogen-bond acceptors (Lipinski definition) is 3. The second kappa shape index (κ2) is 6.86. The Labute approximate surface area is 136 Å². The molecule has 1 aromatic carbocycles. The molecule has 0 radical (unpaired) electrons. The monoisotopic (exact) mass is 313 g/mol. The Morgan fingerprint density at radius 2 is 1.96 bits per heavy atom. The van der Waals surface area contributed by atoms with Gasteiger partial charge in [-0.3, -0.25) is 0 Å². The first-order chi connectivity index (χ1) is 11.1. The molecule has 0 spiro atoms. The number of rotatable bonds is 3. The second-order valence-electron chi connectivity index (χ2n) is 6.13. The number of benzene rings is 1. The van der Waals surface area contributed by atoms with Crippen molar-refractivity contribution in [2.75, 3.05) is 13.1 Å². The van der Waals surface area contributed by atoms with Gasteiger partial charge in [0.25, 0.3) is 0 Å². The summed E-state index contributed by atoms with van der Waals surface area (Å²) in [4.78, 5) is 14.2. The Bertz CT molecular complexity index is 639. The van der Waals surface area contributed by atoms with E-state index in [-0.39, 0.29) is 6.03 Å². The van der Waals surface area contributed by atoms with Crippen molar-refractivity contribution in [2.24, 2.45) is 0 Å². The van der Waals surface area contributed by atoms with Gasteiger partial charge in [-0.2, -0.15) is 0 Å².